The molecule has 1 fully saturated rings. The maximum absolute atomic E-state index is 12.5. The van der Waals surface area contributed by atoms with Gasteiger partial charge in [-0.25, -0.2) is 14.6 Å². The summed E-state index contributed by atoms with van der Waals surface area (Å²) >= 11 is 1.33. The predicted octanol–water partition coefficient (Wildman–Crippen LogP) is 2.75. The minimum atomic E-state index is -0.284. The van der Waals surface area contributed by atoms with Gasteiger partial charge >= 0.3 is 0 Å². The van der Waals surface area contributed by atoms with Crippen molar-refractivity contribution in [3.63, 3.8) is 0 Å². The molecule has 28 heavy (non-hydrogen) atoms. The quantitative estimate of drug-likeness (QED) is 0.667. The van der Waals surface area contributed by atoms with Crippen LogP contribution in [0, 0.1) is 0 Å². The van der Waals surface area contributed by atoms with E-state index in [1.165, 1.54) is 30.5 Å². The van der Waals surface area contributed by atoms with Crippen LogP contribution in [-0.4, -0.2) is 38.1 Å². The largest absolute Gasteiger partial charge is 0.342 e. The molecule has 1 aromatic carbocycles. The first-order valence-corrected chi connectivity index (χ1v) is 10.0. The number of nitrogens with one attached hydrogen (secondary N) is 2. The first-order chi connectivity index (χ1) is 13.7. The lowest BCUT2D eigenvalue weighted by Gasteiger charge is -2.10. The molecular weight excluding hydrogens is 376 g/mol. The molecule has 1 aliphatic carbocycles. The van der Waals surface area contributed by atoms with Gasteiger partial charge in [0.25, 0.3) is 5.91 Å². The third-order valence-corrected chi connectivity index (χ3v) is 5.63. The average molecular weight is 396 g/mol. The van der Waals surface area contributed by atoms with Crippen molar-refractivity contribution >= 4 is 28.8 Å². The van der Waals surface area contributed by atoms with Gasteiger partial charge in [-0.15, -0.1) is 11.3 Å². The van der Waals surface area contributed by atoms with E-state index in [4.69, 9.17) is 0 Å². The summed E-state index contributed by atoms with van der Waals surface area (Å²) < 4.78 is 1.63. The van der Waals surface area contributed by atoms with Crippen molar-refractivity contribution in [1.29, 1.82) is 0 Å². The van der Waals surface area contributed by atoms with E-state index in [1.54, 1.807) is 28.7 Å². The zero-order chi connectivity index (χ0) is 19.3. The monoisotopic (exact) mass is 396 g/mol. The van der Waals surface area contributed by atoms with E-state index >= 15 is 0 Å². The van der Waals surface area contributed by atoms with Crippen molar-refractivity contribution in [1.82, 2.24) is 25.1 Å². The Kier molecular flexibility index (Phi) is 5.43. The molecule has 0 spiro atoms. The summed E-state index contributed by atoms with van der Waals surface area (Å²) in [7, 11) is 0. The molecule has 3 aromatic rings. The SMILES string of the molecule is O=C(CNC(=O)c1scnc1C1CCCC1)Nc1ccc(-n2cncn2)cc1. The number of amides is 2. The van der Waals surface area contributed by atoms with Gasteiger partial charge in [0.2, 0.25) is 5.91 Å². The lowest BCUT2D eigenvalue weighted by atomic mass is 10.0. The van der Waals surface area contributed by atoms with Crippen LogP contribution < -0.4 is 10.6 Å². The van der Waals surface area contributed by atoms with E-state index in [0.717, 1.165) is 24.2 Å². The molecule has 0 radical (unpaired) electrons. The minimum absolute atomic E-state index is 0.0916. The minimum Gasteiger partial charge on any atom is -0.342 e. The number of aromatic nitrogens is 4. The number of carbonyl (C=O) groups excluding carboxylic acids is 2. The molecular formula is C19H20N6O2S. The third kappa shape index (κ3) is 4.09. The first kappa shape index (κ1) is 18.3. The number of nitrogens with zero attached hydrogens (tertiary/aromatic N) is 4. The molecule has 144 valence electrons. The van der Waals surface area contributed by atoms with Gasteiger partial charge in [0.1, 0.15) is 17.5 Å². The third-order valence-electron chi connectivity index (χ3n) is 4.79. The van der Waals surface area contributed by atoms with E-state index in [1.807, 2.05) is 12.1 Å². The van der Waals surface area contributed by atoms with E-state index in [0.29, 0.717) is 16.5 Å². The molecule has 2 N–H and O–H groups in total. The van der Waals surface area contributed by atoms with E-state index in [-0.39, 0.29) is 18.4 Å². The zero-order valence-corrected chi connectivity index (χ0v) is 16.0. The lowest BCUT2D eigenvalue weighted by Crippen LogP contribution is -2.33. The maximum Gasteiger partial charge on any atom is 0.263 e. The van der Waals surface area contributed by atoms with Crippen LogP contribution in [0.15, 0.2) is 42.4 Å². The van der Waals surface area contributed by atoms with Crippen LogP contribution in [0.1, 0.15) is 47.0 Å². The van der Waals surface area contributed by atoms with Crippen LogP contribution in [0.2, 0.25) is 0 Å². The normalized spacial score (nSPS) is 14.1. The van der Waals surface area contributed by atoms with E-state index < -0.39 is 0 Å². The van der Waals surface area contributed by atoms with E-state index in [2.05, 4.69) is 25.7 Å². The Balaban J connectivity index is 1.31. The van der Waals surface area contributed by atoms with Crippen molar-refractivity contribution in [2.24, 2.45) is 0 Å². The molecule has 8 nitrogen and oxygen atoms in total. The molecule has 9 heteroatoms. The highest BCUT2D eigenvalue weighted by molar-refractivity contribution is 7.11. The van der Waals surface area contributed by atoms with Crippen LogP contribution in [0.25, 0.3) is 5.69 Å². The zero-order valence-electron chi connectivity index (χ0n) is 15.2. The lowest BCUT2D eigenvalue weighted by molar-refractivity contribution is -0.115. The summed E-state index contributed by atoms with van der Waals surface area (Å²) in [5.74, 6) is -0.154. The summed E-state index contributed by atoms with van der Waals surface area (Å²) in [6, 6.07) is 7.21. The van der Waals surface area contributed by atoms with Gasteiger partial charge < -0.3 is 10.6 Å². The second-order valence-corrected chi connectivity index (χ2v) is 7.52. The highest BCUT2D eigenvalue weighted by atomic mass is 32.1. The van der Waals surface area contributed by atoms with Crippen LogP contribution in [0.5, 0.6) is 0 Å². The maximum atomic E-state index is 12.5. The van der Waals surface area contributed by atoms with Crippen molar-refractivity contribution in [3.8, 4) is 5.69 Å². The van der Waals surface area contributed by atoms with Crippen LogP contribution in [0.3, 0.4) is 0 Å². The van der Waals surface area contributed by atoms with Crippen molar-refractivity contribution in [3.05, 3.63) is 53.0 Å². The topological polar surface area (TPSA) is 102 Å². The number of rotatable bonds is 6. The number of benzene rings is 1. The molecule has 0 bridgehead atoms. The van der Waals surface area contributed by atoms with Gasteiger partial charge in [-0.3, -0.25) is 9.59 Å². The van der Waals surface area contributed by atoms with E-state index in [9.17, 15) is 9.59 Å². The second-order valence-electron chi connectivity index (χ2n) is 6.67. The van der Waals surface area contributed by atoms with Gasteiger partial charge in [-0.1, -0.05) is 12.8 Å². The number of thiazole rings is 1. The average Bonchev–Trinajstić information content (AvgIpc) is 3.48. The molecule has 1 saturated carbocycles. The fraction of sp³-hybridized carbons (Fsp3) is 0.316. The van der Waals surface area contributed by atoms with Gasteiger partial charge in [-0.2, -0.15) is 5.10 Å². The molecule has 0 atom stereocenters. The Morgan fingerprint density at radius 2 is 1.96 bits per heavy atom. The van der Waals surface area contributed by atoms with Gasteiger partial charge in [0.05, 0.1) is 23.4 Å². The molecule has 1 aliphatic rings. The first-order valence-electron chi connectivity index (χ1n) is 9.17. The van der Waals surface area contributed by atoms with Crippen molar-refractivity contribution < 1.29 is 9.59 Å². The summed E-state index contributed by atoms with van der Waals surface area (Å²) in [4.78, 5) is 33.6. The summed E-state index contributed by atoms with van der Waals surface area (Å²) in [5, 5.41) is 9.53. The van der Waals surface area contributed by atoms with Crippen LogP contribution in [-0.2, 0) is 4.79 Å². The summed E-state index contributed by atoms with van der Waals surface area (Å²) in [5.41, 5.74) is 4.07. The molecule has 0 unspecified atom stereocenters. The second kappa shape index (κ2) is 8.30. The Labute approximate surface area is 166 Å². The number of hydrogen-bond acceptors (Lipinski definition) is 6. The van der Waals surface area contributed by atoms with Crippen molar-refractivity contribution in [2.75, 3.05) is 11.9 Å². The molecule has 0 aliphatic heterocycles. The number of hydrogen-bond donors (Lipinski definition) is 2. The molecule has 2 heterocycles. The molecule has 2 aromatic heterocycles. The molecule has 0 saturated heterocycles. The standard InChI is InChI=1S/C19H20N6O2S/c26-16(24-14-5-7-15(8-6-14)25-11-20-10-23-25)9-21-19(27)18-17(22-12-28-18)13-3-1-2-4-13/h5-8,10-13H,1-4,9H2,(H,21,27)(H,24,26). The highest BCUT2D eigenvalue weighted by Gasteiger charge is 2.25. The van der Waals surface area contributed by atoms with Gasteiger partial charge in [0, 0.05) is 11.6 Å². The van der Waals surface area contributed by atoms with Gasteiger partial charge in [0.15, 0.2) is 0 Å². The smallest absolute Gasteiger partial charge is 0.263 e. The Bertz CT molecular complexity index is 945. The molecule has 4 rings (SSSR count). The fourth-order valence-electron chi connectivity index (χ4n) is 3.40. The Morgan fingerprint density at radius 1 is 1.18 bits per heavy atom. The van der Waals surface area contributed by atoms with Gasteiger partial charge in [-0.05, 0) is 37.1 Å². The Morgan fingerprint density at radius 3 is 2.68 bits per heavy atom. The fourth-order valence-corrected chi connectivity index (χ4v) is 4.19. The Hall–Kier alpha value is -3.07. The molecule has 2 amide bonds. The number of anilines is 1. The summed E-state index contributed by atoms with van der Waals surface area (Å²) in [6.07, 6.45) is 7.58. The van der Waals surface area contributed by atoms with Crippen LogP contribution in [0.4, 0.5) is 5.69 Å². The highest BCUT2D eigenvalue weighted by Crippen LogP contribution is 2.36. The summed E-state index contributed by atoms with van der Waals surface area (Å²) in [6.45, 7) is -0.0916. The predicted molar refractivity (Wildman–Crippen MR) is 106 cm³/mol. The van der Waals surface area contributed by atoms with Crippen molar-refractivity contribution in [2.45, 2.75) is 31.6 Å². The number of carbonyl (C=O) groups is 2. The van der Waals surface area contributed by atoms with Crippen LogP contribution >= 0.6 is 11.3 Å².